The van der Waals surface area contributed by atoms with E-state index in [0.29, 0.717) is 38.4 Å². The fourth-order valence-corrected chi connectivity index (χ4v) is 1.74. The van der Waals surface area contributed by atoms with Gasteiger partial charge in [0, 0.05) is 24.2 Å². The van der Waals surface area contributed by atoms with Gasteiger partial charge in [0.15, 0.2) is 0 Å². The molecule has 0 aromatic heterocycles. The Hall–Kier alpha value is -1.87. The Bertz CT molecular complexity index is 482. The Kier molecular flexibility index (Phi) is 4.93. The summed E-state index contributed by atoms with van der Waals surface area (Å²) in [6.45, 7) is 3.05. The van der Waals surface area contributed by atoms with Crippen molar-refractivity contribution >= 4 is 5.91 Å². The maximum Gasteiger partial charge on any atom is 0.265 e. The maximum absolute atomic E-state index is 12.0. The summed E-state index contributed by atoms with van der Waals surface area (Å²) in [4.78, 5) is 12.0. The third-order valence-corrected chi connectivity index (χ3v) is 2.75. The molecule has 0 aliphatic carbocycles. The number of amides is 1. The summed E-state index contributed by atoms with van der Waals surface area (Å²) >= 11 is 0. The van der Waals surface area contributed by atoms with Crippen LogP contribution in [0.3, 0.4) is 0 Å². The van der Waals surface area contributed by atoms with Crippen LogP contribution in [-0.2, 0) is 4.74 Å². The second-order valence-corrected chi connectivity index (χ2v) is 4.12. The highest BCUT2D eigenvalue weighted by atomic mass is 16.5. The van der Waals surface area contributed by atoms with E-state index in [-0.39, 0.29) is 5.91 Å². The zero-order valence-electron chi connectivity index (χ0n) is 10.7. The summed E-state index contributed by atoms with van der Waals surface area (Å²) in [6.07, 6.45) is 0. The largest absolute Gasteiger partial charge is 0.379 e. The fourth-order valence-electron chi connectivity index (χ4n) is 1.74. The van der Waals surface area contributed by atoms with E-state index in [1.807, 2.05) is 17.1 Å². The molecule has 1 heterocycles. The van der Waals surface area contributed by atoms with E-state index in [1.54, 1.807) is 12.1 Å². The van der Waals surface area contributed by atoms with E-state index in [1.165, 1.54) is 0 Å². The minimum Gasteiger partial charge on any atom is -0.379 e. The third-order valence-electron chi connectivity index (χ3n) is 2.75. The van der Waals surface area contributed by atoms with Gasteiger partial charge < -0.3 is 10.5 Å². The van der Waals surface area contributed by atoms with E-state index >= 15 is 0 Å². The monoisotopic (exact) mass is 259 g/mol. The number of carbonyl (C=O) groups excluding carboxylic acids is 1. The molecule has 1 aromatic rings. The van der Waals surface area contributed by atoms with Crippen molar-refractivity contribution in [1.29, 1.82) is 0 Å². The Morgan fingerprint density at radius 1 is 1.32 bits per heavy atom. The first kappa shape index (κ1) is 13.6. The standard InChI is InChI=1S/C14H17N3O2/c15-7-1-2-12-3-5-13(6-4-12)14(18)16-17-8-10-19-11-9-17/h3-6H,7-11,15H2,(H,16,18). The van der Waals surface area contributed by atoms with Gasteiger partial charge >= 0.3 is 0 Å². The Morgan fingerprint density at radius 2 is 2.00 bits per heavy atom. The normalized spacial score (nSPS) is 15.4. The lowest BCUT2D eigenvalue weighted by atomic mass is 10.1. The summed E-state index contributed by atoms with van der Waals surface area (Å²) in [7, 11) is 0. The predicted molar refractivity (Wildman–Crippen MR) is 72.2 cm³/mol. The smallest absolute Gasteiger partial charge is 0.265 e. The number of hydrogen-bond acceptors (Lipinski definition) is 4. The summed E-state index contributed by atoms with van der Waals surface area (Å²) in [5.74, 6) is 5.58. The molecule has 0 bridgehead atoms. The number of nitrogens with two attached hydrogens (primary N) is 1. The quantitative estimate of drug-likeness (QED) is 0.732. The fraction of sp³-hybridized carbons (Fsp3) is 0.357. The van der Waals surface area contributed by atoms with Gasteiger partial charge in [-0.05, 0) is 24.3 Å². The van der Waals surface area contributed by atoms with Crippen LogP contribution in [0.4, 0.5) is 0 Å². The molecule has 0 radical (unpaired) electrons. The molecule has 1 aliphatic rings. The van der Waals surface area contributed by atoms with Crippen molar-refractivity contribution in [3.05, 3.63) is 35.4 Å². The lowest BCUT2D eigenvalue weighted by Gasteiger charge is -2.26. The van der Waals surface area contributed by atoms with Crippen molar-refractivity contribution in [2.45, 2.75) is 0 Å². The Balaban J connectivity index is 1.95. The molecule has 0 saturated carbocycles. The molecule has 1 aromatic carbocycles. The van der Waals surface area contributed by atoms with Crippen LogP contribution in [0.15, 0.2) is 24.3 Å². The number of morpholine rings is 1. The van der Waals surface area contributed by atoms with Crippen molar-refractivity contribution < 1.29 is 9.53 Å². The molecule has 1 fully saturated rings. The van der Waals surface area contributed by atoms with Crippen molar-refractivity contribution in [2.24, 2.45) is 5.73 Å². The van der Waals surface area contributed by atoms with Crippen LogP contribution in [-0.4, -0.2) is 43.8 Å². The number of ether oxygens (including phenoxy) is 1. The van der Waals surface area contributed by atoms with Crippen LogP contribution < -0.4 is 11.2 Å². The Morgan fingerprint density at radius 3 is 2.63 bits per heavy atom. The number of nitrogens with one attached hydrogen (secondary N) is 1. The molecule has 2 rings (SSSR count). The number of hydrogen-bond donors (Lipinski definition) is 2. The number of hydrazine groups is 1. The van der Waals surface area contributed by atoms with E-state index in [0.717, 1.165) is 5.56 Å². The van der Waals surface area contributed by atoms with Gasteiger partial charge in [0.2, 0.25) is 0 Å². The van der Waals surface area contributed by atoms with Gasteiger partial charge in [-0.1, -0.05) is 11.8 Å². The highest BCUT2D eigenvalue weighted by Gasteiger charge is 2.13. The third kappa shape index (κ3) is 4.07. The van der Waals surface area contributed by atoms with Gasteiger partial charge in [-0.25, -0.2) is 5.01 Å². The second-order valence-electron chi connectivity index (χ2n) is 4.12. The van der Waals surface area contributed by atoms with Crippen LogP contribution in [0.2, 0.25) is 0 Å². The minimum atomic E-state index is -0.111. The van der Waals surface area contributed by atoms with Crippen molar-refractivity contribution in [3.8, 4) is 11.8 Å². The number of carbonyl (C=O) groups is 1. The summed E-state index contributed by atoms with van der Waals surface area (Å²) in [5.41, 5.74) is 9.63. The van der Waals surface area contributed by atoms with Crippen molar-refractivity contribution in [2.75, 3.05) is 32.8 Å². The molecule has 1 amide bonds. The van der Waals surface area contributed by atoms with Crippen molar-refractivity contribution in [3.63, 3.8) is 0 Å². The van der Waals surface area contributed by atoms with E-state index in [2.05, 4.69) is 17.3 Å². The topological polar surface area (TPSA) is 67.6 Å². The molecular weight excluding hydrogens is 242 g/mol. The molecule has 100 valence electrons. The number of rotatable bonds is 2. The van der Waals surface area contributed by atoms with Gasteiger partial charge in [-0.2, -0.15) is 0 Å². The Labute approximate surface area is 112 Å². The van der Waals surface area contributed by atoms with Gasteiger partial charge in [-0.15, -0.1) is 0 Å². The molecule has 1 saturated heterocycles. The zero-order valence-corrected chi connectivity index (χ0v) is 10.7. The molecular formula is C14H17N3O2. The average Bonchev–Trinajstić information content (AvgIpc) is 2.46. The molecule has 0 unspecified atom stereocenters. The molecule has 1 aliphatic heterocycles. The van der Waals surface area contributed by atoms with E-state index in [4.69, 9.17) is 10.5 Å². The highest BCUT2D eigenvalue weighted by molar-refractivity contribution is 5.93. The lowest BCUT2D eigenvalue weighted by Crippen LogP contribution is -2.48. The number of benzene rings is 1. The van der Waals surface area contributed by atoms with Gasteiger partial charge in [0.25, 0.3) is 5.91 Å². The van der Waals surface area contributed by atoms with Gasteiger partial charge in [0.1, 0.15) is 0 Å². The van der Waals surface area contributed by atoms with Crippen LogP contribution in [0.5, 0.6) is 0 Å². The summed E-state index contributed by atoms with van der Waals surface area (Å²) in [5, 5.41) is 1.87. The van der Waals surface area contributed by atoms with Gasteiger partial charge in [-0.3, -0.25) is 10.2 Å². The summed E-state index contributed by atoms with van der Waals surface area (Å²) in [6, 6.07) is 7.15. The van der Waals surface area contributed by atoms with Gasteiger partial charge in [0.05, 0.1) is 19.8 Å². The van der Waals surface area contributed by atoms with Crippen LogP contribution >= 0.6 is 0 Å². The average molecular weight is 259 g/mol. The predicted octanol–water partition coefficient (Wildman–Crippen LogP) is -0.0262. The molecule has 19 heavy (non-hydrogen) atoms. The molecule has 5 nitrogen and oxygen atoms in total. The zero-order chi connectivity index (χ0) is 13.5. The van der Waals surface area contributed by atoms with E-state index in [9.17, 15) is 4.79 Å². The highest BCUT2D eigenvalue weighted by Crippen LogP contribution is 2.04. The van der Waals surface area contributed by atoms with Crippen LogP contribution in [0, 0.1) is 11.8 Å². The number of nitrogens with zero attached hydrogens (tertiary/aromatic N) is 1. The van der Waals surface area contributed by atoms with Crippen molar-refractivity contribution in [1.82, 2.24) is 10.4 Å². The summed E-state index contributed by atoms with van der Waals surface area (Å²) < 4.78 is 5.22. The first-order valence-corrected chi connectivity index (χ1v) is 6.22. The first-order chi connectivity index (χ1) is 9.29. The SMILES string of the molecule is NCC#Cc1ccc(C(=O)NN2CCOCC2)cc1. The molecule has 3 N–H and O–H groups in total. The molecule has 0 atom stereocenters. The molecule has 5 heteroatoms. The first-order valence-electron chi connectivity index (χ1n) is 6.22. The second kappa shape index (κ2) is 6.90. The van der Waals surface area contributed by atoms with Crippen LogP contribution in [0.25, 0.3) is 0 Å². The lowest BCUT2D eigenvalue weighted by molar-refractivity contribution is 0.0126. The minimum absolute atomic E-state index is 0.111. The molecule has 0 spiro atoms. The maximum atomic E-state index is 12.0. The van der Waals surface area contributed by atoms with Crippen LogP contribution in [0.1, 0.15) is 15.9 Å². The van der Waals surface area contributed by atoms with E-state index < -0.39 is 0 Å².